The summed E-state index contributed by atoms with van der Waals surface area (Å²) in [7, 11) is 0. The molecule has 3 nitrogen and oxygen atoms in total. The predicted molar refractivity (Wildman–Crippen MR) is 91.9 cm³/mol. The van der Waals surface area contributed by atoms with Crippen molar-refractivity contribution < 1.29 is 9.18 Å². The van der Waals surface area contributed by atoms with E-state index in [4.69, 9.17) is 5.73 Å². The zero-order valence-electron chi connectivity index (χ0n) is 13.7. The summed E-state index contributed by atoms with van der Waals surface area (Å²) in [5.41, 5.74) is 8.83. The van der Waals surface area contributed by atoms with Gasteiger partial charge in [0, 0.05) is 24.3 Å². The van der Waals surface area contributed by atoms with Crippen LogP contribution < -0.4 is 5.73 Å². The second-order valence-electron chi connectivity index (χ2n) is 5.75. The number of aryl methyl sites for hydroxylation is 1. The lowest BCUT2D eigenvalue weighted by Gasteiger charge is -2.23. The number of benzene rings is 2. The smallest absolute Gasteiger partial charge is 0.254 e. The van der Waals surface area contributed by atoms with Crippen LogP contribution in [0.3, 0.4) is 0 Å². The van der Waals surface area contributed by atoms with E-state index >= 15 is 0 Å². The molecule has 2 N–H and O–H groups in total. The Bertz CT molecular complexity index is 685. The first-order valence-electron chi connectivity index (χ1n) is 7.91. The van der Waals surface area contributed by atoms with Crippen LogP contribution in [-0.2, 0) is 6.42 Å². The Morgan fingerprint density at radius 2 is 1.96 bits per heavy atom. The van der Waals surface area contributed by atoms with Crippen LogP contribution in [0.4, 0.5) is 10.1 Å². The second-order valence-corrected chi connectivity index (χ2v) is 5.75. The number of hydrogen-bond donors (Lipinski definition) is 1. The minimum absolute atomic E-state index is 0.0203. The van der Waals surface area contributed by atoms with E-state index in [-0.39, 0.29) is 11.7 Å². The third-order valence-corrected chi connectivity index (χ3v) is 3.83. The van der Waals surface area contributed by atoms with E-state index in [0.29, 0.717) is 30.8 Å². The quantitative estimate of drug-likeness (QED) is 0.824. The Kier molecular flexibility index (Phi) is 5.74. The number of nitrogen functional groups attached to an aromatic ring is 1. The van der Waals surface area contributed by atoms with Gasteiger partial charge in [-0.2, -0.15) is 0 Å². The first-order valence-corrected chi connectivity index (χ1v) is 7.91. The molecule has 0 heterocycles. The molecule has 2 aromatic rings. The monoisotopic (exact) mass is 314 g/mol. The lowest BCUT2D eigenvalue weighted by atomic mass is 10.1. The van der Waals surface area contributed by atoms with Gasteiger partial charge in [0.2, 0.25) is 0 Å². The summed E-state index contributed by atoms with van der Waals surface area (Å²) in [6.45, 7) is 5.17. The fourth-order valence-corrected chi connectivity index (χ4v) is 2.58. The van der Waals surface area contributed by atoms with Crippen molar-refractivity contribution in [2.75, 3.05) is 18.8 Å². The number of carbonyl (C=O) groups excluding carboxylic acids is 1. The third-order valence-electron chi connectivity index (χ3n) is 3.83. The third kappa shape index (κ3) is 4.55. The van der Waals surface area contributed by atoms with Crippen LogP contribution in [-0.4, -0.2) is 23.9 Å². The molecule has 122 valence electrons. The zero-order chi connectivity index (χ0) is 16.8. The van der Waals surface area contributed by atoms with Gasteiger partial charge in [-0.1, -0.05) is 25.1 Å². The van der Waals surface area contributed by atoms with Crippen LogP contribution in [0.15, 0.2) is 42.5 Å². The Balaban J connectivity index is 2.14. The van der Waals surface area contributed by atoms with Crippen LogP contribution in [0.2, 0.25) is 0 Å². The molecule has 0 saturated carbocycles. The standard InChI is InChI=1S/C19H23FN2O/c1-3-10-22(11-9-15-5-4-6-16(20)12-15)19(23)18-13-17(21)8-7-14(18)2/h4-8,12-13H,3,9-11,21H2,1-2H3. The maximum atomic E-state index is 13.3. The van der Waals surface area contributed by atoms with Gasteiger partial charge in [0.1, 0.15) is 5.82 Å². The topological polar surface area (TPSA) is 46.3 Å². The molecule has 23 heavy (non-hydrogen) atoms. The first-order chi connectivity index (χ1) is 11.0. The van der Waals surface area contributed by atoms with Gasteiger partial charge in [-0.3, -0.25) is 4.79 Å². The highest BCUT2D eigenvalue weighted by Gasteiger charge is 2.17. The van der Waals surface area contributed by atoms with Gasteiger partial charge >= 0.3 is 0 Å². The molecule has 0 fully saturated rings. The summed E-state index contributed by atoms with van der Waals surface area (Å²) < 4.78 is 13.3. The number of halogens is 1. The molecule has 0 aliphatic heterocycles. The fourth-order valence-electron chi connectivity index (χ4n) is 2.58. The number of amides is 1. The molecule has 0 unspecified atom stereocenters. The molecule has 2 rings (SSSR count). The molecule has 0 bridgehead atoms. The van der Waals surface area contributed by atoms with Crippen molar-refractivity contribution in [3.05, 3.63) is 65.0 Å². The van der Waals surface area contributed by atoms with Crippen molar-refractivity contribution in [2.45, 2.75) is 26.7 Å². The van der Waals surface area contributed by atoms with E-state index in [1.165, 1.54) is 12.1 Å². The van der Waals surface area contributed by atoms with Crippen LogP contribution in [0, 0.1) is 12.7 Å². The van der Waals surface area contributed by atoms with E-state index in [1.807, 2.05) is 30.9 Å². The lowest BCUT2D eigenvalue weighted by Crippen LogP contribution is -2.34. The number of carbonyl (C=O) groups is 1. The molecular weight excluding hydrogens is 291 g/mol. The number of nitrogens with zero attached hydrogens (tertiary/aromatic N) is 1. The maximum Gasteiger partial charge on any atom is 0.254 e. The minimum Gasteiger partial charge on any atom is -0.399 e. The van der Waals surface area contributed by atoms with Crippen molar-refractivity contribution in [3.63, 3.8) is 0 Å². The summed E-state index contributed by atoms with van der Waals surface area (Å²) in [6.07, 6.45) is 1.50. The molecular formula is C19H23FN2O. The van der Waals surface area contributed by atoms with Crippen molar-refractivity contribution in [1.29, 1.82) is 0 Å². The average Bonchev–Trinajstić information content (AvgIpc) is 2.53. The summed E-state index contributed by atoms with van der Waals surface area (Å²) in [4.78, 5) is 14.6. The van der Waals surface area contributed by atoms with E-state index in [1.54, 1.807) is 18.2 Å². The van der Waals surface area contributed by atoms with Gasteiger partial charge in [0.15, 0.2) is 0 Å². The van der Waals surface area contributed by atoms with Crippen molar-refractivity contribution in [2.24, 2.45) is 0 Å². The van der Waals surface area contributed by atoms with Gasteiger partial charge in [0.05, 0.1) is 0 Å². The molecule has 4 heteroatoms. The highest BCUT2D eigenvalue weighted by atomic mass is 19.1. The predicted octanol–water partition coefficient (Wildman–Crippen LogP) is 3.81. The average molecular weight is 314 g/mol. The summed E-state index contributed by atoms with van der Waals surface area (Å²) in [5, 5.41) is 0. The van der Waals surface area contributed by atoms with E-state index in [9.17, 15) is 9.18 Å². The summed E-state index contributed by atoms with van der Waals surface area (Å²) in [6, 6.07) is 11.9. The highest BCUT2D eigenvalue weighted by molar-refractivity contribution is 5.96. The first kappa shape index (κ1) is 17.0. The van der Waals surface area contributed by atoms with Gasteiger partial charge < -0.3 is 10.6 Å². The maximum absolute atomic E-state index is 13.3. The molecule has 0 spiro atoms. The van der Waals surface area contributed by atoms with Gasteiger partial charge in [-0.25, -0.2) is 4.39 Å². The SMILES string of the molecule is CCCN(CCc1cccc(F)c1)C(=O)c1cc(N)ccc1C. The Morgan fingerprint density at radius 1 is 1.17 bits per heavy atom. The van der Waals surface area contributed by atoms with Crippen molar-refractivity contribution in [1.82, 2.24) is 4.90 Å². The molecule has 1 amide bonds. The molecule has 0 aromatic heterocycles. The van der Waals surface area contributed by atoms with Crippen molar-refractivity contribution in [3.8, 4) is 0 Å². The van der Waals surface area contributed by atoms with Gasteiger partial charge in [-0.15, -0.1) is 0 Å². The van der Waals surface area contributed by atoms with Crippen LogP contribution in [0.1, 0.15) is 34.8 Å². The Morgan fingerprint density at radius 3 is 2.65 bits per heavy atom. The molecule has 0 aliphatic carbocycles. The van der Waals surface area contributed by atoms with Gasteiger partial charge in [0.25, 0.3) is 5.91 Å². The zero-order valence-corrected chi connectivity index (χ0v) is 13.7. The second kappa shape index (κ2) is 7.77. The van der Waals surface area contributed by atoms with E-state index in [0.717, 1.165) is 17.5 Å². The van der Waals surface area contributed by atoms with Crippen LogP contribution in [0.5, 0.6) is 0 Å². The van der Waals surface area contributed by atoms with Crippen LogP contribution in [0.25, 0.3) is 0 Å². The Hall–Kier alpha value is -2.36. The number of hydrogen-bond acceptors (Lipinski definition) is 2. The minimum atomic E-state index is -0.248. The largest absolute Gasteiger partial charge is 0.399 e. The lowest BCUT2D eigenvalue weighted by molar-refractivity contribution is 0.0756. The molecule has 2 aromatic carbocycles. The molecule has 0 radical (unpaired) electrons. The van der Waals surface area contributed by atoms with Gasteiger partial charge in [-0.05, 0) is 55.2 Å². The number of nitrogens with two attached hydrogens (primary N) is 1. The number of anilines is 1. The summed E-state index contributed by atoms with van der Waals surface area (Å²) >= 11 is 0. The van der Waals surface area contributed by atoms with E-state index < -0.39 is 0 Å². The summed E-state index contributed by atoms with van der Waals surface area (Å²) in [5.74, 6) is -0.268. The number of rotatable bonds is 6. The molecule has 0 atom stereocenters. The normalized spacial score (nSPS) is 10.6. The molecule has 0 aliphatic rings. The molecule has 0 saturated heterocycles. The Labute approximate surface area is 136 Å². The van der Waals surface area contributed by atoms with E-state index in [2.05, 4.69) is 0 Å². The fraction of sp³-hybridized carbons (Fsp3) is 0.316. The highest BCUT2D eigenvalue weighted by Crippen LogP contribution is 2.16. The van der Waals surface area contributed by atoms with Crippen LogP contribution >= 0.6 is 0 Å². The van der Waals surface area contributed by atoms with Crippen molar-refractivity contribution >= 4 is 11.6 Å².